The number of benzene rings is 1. The monoisotopic (exact) mass is 230 g/mol. The van der Waals surface area contributed by atoms with E-state index in [4.69, 9.17) is 0 Å². The standard InChI is InChI=1S/C13H14N2O2/c1-9(16)13(17)14-7-10-8-15(2)12-6-4-3-5-11(10)12/h3-6,8H,7H2,1-2H3,(H,14,17). The number of nitrogens with one attached hydrogen (secondary N) is 1. The summed E-state index contributed by atoms with van der Waals surface area (Å²) in [7, 11) is 1.96. The van der Waals surface area contributed by atoms with Gasteiger partial charge in [0.25, 0.3) is 5.91 Å². The third kappa shape index (κ3) is 2.20. The van der Waals surface area contributed by atoms with Crippen LogP contribution in [0.3, 0.4) is 0 Å². The van der Waals surface area contributed by atoms with Gasteiger partial charge >= 0.3 is 0 Å². The molecule has 1 heterocycles. The Labute approximate surface area is 99.2 Å². The summed E-state index contributed by atoms with van der Waals surface area (Å²) in [5.74, 6) is -1.01. The Morgan fingerprint density at radius 2 is 2.00 bits per heavy atom. The molecule has 17 heavy (non-hydrogen) atoms. The topological polar surface area (TPSA) is 51.1 Å². The van der Waals surface area contributed by atoms with Gasteiger partial charge in [-0.15, -0.1) is 0 Å². The van der Waals surface area contributed by atoms with Crippen molar-refractivity contribution in [1.82, 2.24) is 9.88 Å². The van der Waals surface area contributed by atoms with E-state index in [0.29, 0.717) is 6.54 Å². The van der Waals surface area contributed by atoms with Crippen LogP contribution in [0.2, 0.25) is 0 Å². The zero-order valence-electron chi connectivity index (χ0n) is 9.86. The zero-order valence-corrected chi connectivity index (χ0v) is 9.86. The van der Waals surface area contributed by atoms with E-state index in [1.54, 1.807) is 0 Å². The number of aromatic nitrogens is 1. The van der Waals surface area contributed by atoms with Gasteiger partial charge in [-0.2, -0.15) is 0 Å². The molecule has 1 N–H and O–H groups in total. The van der Waals surface area contributed by atoms with Gasteiger partial charge in [0.05, 0.1) is 0 Å². The van der Waals surface area contributed by atoms with E-state index >= 15 is 0 Å². The molecule has 0 bridgehead atoms. The van der Waals surface area contributed by atoms with Crippen molar-refractivity contribution in [2.75, 3.05) is 0 Å². The molecule has 0 saturated carbocycles. The van der Waals surface area contributed by atoms with Crippen LogP contribution >= 0.6 is 0 Å². The highest BCUT2D eigenvalue weighted by atomic mass is 16.2. The fourth-order valence-electron chi connectivity index (χ4n) is 1.87. The highest BCUT2D eigenvalue weighted by molar-refractivity contribution is 6.35. The van der Waals surface area contributed by atoms with Crippen molar-refractivity contribution in [2.45, 2.75) is 13.5 Å². The van der Waals surface area contributed by atoms with Crippen LogP contribution in [0, 0.1) is 0 Å². The minimum atomic E-state index is -0.544. The average molecular weight is 230 g/mol. The Balaban J connectivity index is 2.25. The molecular formula is C13H14N2O2. The summed E-state index contributed by atoms with van der Waals surface area (Å²) in [4.78, 5) is 22.0. The third-order valence-corrected chi connectivity index (χ3v) is 2.74. The maximum atomic E-state index is 11.2. The predicted octanol–water partition coefficient (Wildman–Crippen LogP) is 1.38. The smallest absolute Gasteiger partial charge is 0.287 e. The summed E-state index contributed by atoms with van der Waals surface area (Å²) in [6, 6.07) is 7.95. The maximum Gasteiger partial charge on any atom is 0.287 e. The van der Waals surface area contributed by atoms with E-state index in [-0.39, 0.29) is 0 Å². The normalized spacial score (nSPS) is 10.5. The van der Waals surface area contributed by atoms with Crippen LogP contribution in [0.5, 0.6) is 0 Å². The number of carbonyl (C=O) groups excluding carboxylic acids is 2. The van der Waals surface area contributed by atoms with E-state index in [2.05, 4.69) is 5.32 Å². The van der Waals surface area contributed by atoms with E-state index in [1.807, 2.05) is 42.1 Å². The number of hydrogen-bond donors (Lipinski definition) is 1. The lowest BCUT2D eigenvalue weighted by molar-refractivity contribution is -0.136. The first-order chi connectivity index (χ1) is 8.09. The number of carbonyl (C=O) groups is 2. The summed E-state index contributed by atoms with van der Waals surface area (Å²) in [5.41, 5.74) is 2.12. The lowest BCUT2D eigenvalue weighted by Gasteiger charge is -2.00. The van der Waals surface area contributed by atoms with Gasteiger partial charge in [-0.25, -0.2) is 0 Å². The molecule has 0 aliphatic heterocycles. The number of nitrogens with zero attached hydrogens (tertiary/aromatic N) is 1. The quantitative estimate of drug-likeness (QED) is 0.810. The van der Waals surface area contributed by atoms with Gasteiger partial charge in [-0.3, -0.25) is 9.59 Å². The molecule has 1 aromatic heterocycles. The van der Waals surface area contributed by atoms with Gasteiger partial charge in [0.15, 0.2) is 0 Å². The first kappa shape index (κ1) is 11.4. The number of ketones is 1. The van der Waals surface area contributed by atoms with Crippen molar-refractivity contribution in [1.29, 1.82) is 0 Å². The molecule has 0 radical (unpaired) electrons. The minimum Gasteiger partial charge on any atom is -0.350 e. The number of rotatable bonds is 3. The lowest BCUT2D eigenvalue weighted by Crippen LogP contribution is -2.28. The third-order valence-electron chi connectivity index (χ3n) is 2.74. The highest BCUT2D eigenvalue weighted by Crippen LogP contribution is 2.19. The van der Waals surface area contributed by atoms with Crippen LogP contribution in [0.4, 0.5) is 0 Å². The van der Waals surface area contributed by atoms with Crippen molar-refractivity contribution in [3.05, 3.63) is 36.0 Å². The van der Waals surface area contributed by atoms with Crippen LogP contribution in [0.25, 0.3) is 10.9 Å². The Hall–Kier alpha value is -2.10. The van der Waals surface area contributed by atoms with Crippen molar-refractivity contribution in [2.24, 2.45) is 7.05 Å². The van der Waals surface area contributed by atoms with Crippen LogP contribution in [0.15, 0.2) is 30.5 Å². The summed E-state index contributed by atoms with van der Waals surface area (Å²) < 4.78 is 2.00. The summed E-state index contributed by atoms with van der Waals surface area (Å²) >= 11 is 0. The molecule has 4 heteroatoms. The van der Waals surface area contributed by atoms with Crippen LogP contribution in [-0.4, -0.2) is 16.3 Å². The van der Waals surface area contributed by atoms with Crippen LogP contribution in [0.1, 0.15) is 12.5 Å². The van der Waals surface area contributed by atoms with Gasteiger partial charge in [-0.05, 0) is 11.6 Å². The van der Waals surface area contributed by atoms with Gasteiger partial charge in [0.1, 0.15) is 0 Å². The Morgan fingerprint density at radius 3 is 2.71 bits per heavy atom. The Kier molecular flexibility index (Phi) is 2.95. The molecule has 0 unspecified atom stereocenters. The van der Waals surface area contributed by atoms with Crippen molar-refractivity contribution < 1.29 is 9.59 Å². The number of fused-ring (bicyclic) bond motifs is 1. The molecule has 0 aliphatic rings. The van der Waals surface area contributed by atoms with Crippen molar-refractivity contribution >= 4 is 22.6 Å². The molecule has 2 rings (SSSR count). The molecule has 1 aromatic carbocycles. The molecule has 0 aliphatic carbocycles. The van der Waals surface area contributed by atoms with Gasteiger partial charge in [0.2, 0.25) is 5.78 Å². The second kappa shape index (κ2) is 4.41. The average Bonchev–Trinajstić information content (AvgIpc) is 2.64. The fourth-order valence-corrected chi connectivity index (χ4v) is 1.87. The number of para-hydroxylation sites is 1. The minimum absolute atomic E-state index is 0.375. The molecule has 0 atom stereocenters. The predicted molar refractivity (Wildman–Crippen MR) is 65.4 cm³/mol. The molecular weight excluding hydrogens is 216 g/mol. The Bertz CT molecular complexity index is 584. The summed E-state index contributed by atoms with van der Waals surface area (Å²) in [5, 5.41) is 3.70. The summed E-state index contributed by atoms with van der Waals surface area (Å²) in [6.45, 7) is 1.64. The van der Waals surface area contributed by atoms with Crippen molar-refractivity contribution in [3.8, 4) is 0 Å². The number of aryl methyl sites for hydroxylation is 1. The molecule has 0 saturated heterocycles. The second-order valence-electron chi connectivity index (χ2n) is 4.02. The SMILES string of the molecule is CC(=O)C(=O)NCc1cn(C)c2ccccc12. The van der Waals surface area contributed by atoms with Crippen LogP contribution in [-0.2, 0) is 23.2 Å². The molecule has 0 spiro atoms. The second-order valence-corrected chi connectivity index (χ2v) is 4.02. The molecule has 4 nitrogen and oxygen atoms in total. The van der Waals surface area contributed by atoms with E-state index < -0.39 is 11.7 Å². The fraction of sp³-hybridized carbons (Fsp3) is 0.231. The largest absolute Gasteiger partial charge is 0.350 e. The van der Waals surface area contributed by atoms with E-state index in [9.17, 15) is 9.59 Å². The van der Waals surface area contributed by atoms with Gasteiger partial charge in [0, 0.05) is 37.6 Å². The Morgan fingerprint density at radius 1 is 1.29 bits per heavy atom. The maximum absolute atomic E-state index is 11.2. The number of Topliss-reactive ketones (excluding diaryl/α,β-unsaturated/α-hetero) is 1. The lowest BCUT2D eigenvalue weighted by atomic mass is 10.2. The molecule has 1 amide bonds. The van der Waals surface area contributed by atoms with Crippen LogP contribution < -0.4 is 5.32 Å². The molecule has 88 valence electrons. The van der Waals surface area contributed by atoms with Crippen molar-refractivity contribution in [3.63, 3.8) is 0 Å². The summed E-state index contributed by atoms with van der Waals surface area (Å²) in [6.07, 6.45) is 1.96. The van der Waals surface area contributed by atoms with Gasteiger partial charge < -0.3 is 9.88 Å². The first-order valence-corrected chi connectivity index (χ1v) is 5.41. The zero-order chi connectivity index (χ0) is 12.4. The highest BCUT2D eigenvalue weighted by Gasteiger charge is 2.09. The van der Waals surface area contributed by atoms with E-state index in [0.717, 1.165) is 16.5 Å². The molecule has 2 aromatic rings. The van der Waals surface area contributed by atoms with E-state index in [1.165, 1.54) is 6.92 Å². The first-order valence-electron chi connectivity index (χ1n) is 5.41. The number of amides is 1. The molecule has 0 fully saturated rings. The van der Waals surface area contributed by atoms with Gasteiger partial charge in [-0.1, -0.05) is 18.2 Å². The number of hydrogen-bond acceptors (Lipinski definition) is 2.